The summed E-state index contributed by atoms with van der Waals surface area (Å²) in [6, 6.07) is -0.0463. The van der Waals surface area contributed by atoms with Gasteiger partial charge in [-0.1, -0.05) is 3.89 Å². The minimum atomic E-state index is -4.85. The quantitative estimate of drug-likeness (QED) is 0.762. The first kappa shape index (κ1) is 12.4. The monoisotopic (exact) mass is 263 g/mol. The Bertz CT molecular complexity index is 534. The normalized spacial score (nSPS) is 17.4. The van der Waals surface area contributed by atoms with Gasteiger partial charge in [-0.2, -0.15) is 8.42 Å². The third-order valence-corrected chi connectivity index (χ3v) is 3.56. The second-order valence-corrected chi connectivity index (χ2v) is 5.80. The Kier molecular flexibility index (Phi) is 2.74. The van der Waals surface area contributed by atoms with Crippen LogP contribution in [0.4, 0.5) is 3.89 Å². The molecule has 1 aliphatic carbocycles. The van der Waals surface area contributed by atoms with Gasteiger partial charge in [-0.3, -0.25) is 4.57 Å². The maximum atomic E-state index is 13.1. The van der Waals surface area contributed by atoms with Crippen molar-refractivity contribution in [3.63, 3.8) is 0 Å². The Morgan fingerprint density at radius 1 is 1.41 bits per heavy atom. The maximum absolute atomic E-state index is 13.1. The molecule has 0 aromatic carbocycles. The van der Waals surface area contributed by atoms with Gasteiger partial charge >= 0.3 is 10.2 Å². The number of rotatable bonds is 4. The van der Waals surface area contributed by atoms with Gasteiger partial charge in [-0.25, -0.2) is 0 Å². The van der Waals surface area contributed by atoms with Crippen LogP contribution >= 0.6 is 0 Å². The van der Waals surface area contributed by atoms with Crippen LogP contribution in [0.5, 0.6) is 0 Å². The van der Waals surface area contributed by atoms with Gasteiger partial charge in [0.15, 0.2) is 5.82 Å². The predicted octanol–water partition coefficient (Wildman–Crippen LogP) is 1.15. The molecule has 0 aliphatic heterocycles. The number of hydrogen-bond donors (Lipinski definition) is 0. The highest BCUT2D eigenvalue weighted by Gasteiger charge is 2.39. The van der Waals surface area contributed by atoms with Gasteiger partial charge in [-0.15, -0.1) is 10.2 Å². The number of methoxy groups -OCH3 is 1. The molecule has 1 fully saturated rings. The average Bonchev–Trinajstić information content (AvgIpc) is 2.94. The van der Waals surface area contributed by atoms with Crippen LogP contribution in [0.15, 0.2) is 5.16 Å². The lowest BCUT2D eigenvalue weighted by Gasteiger charge is -2.22. The van der Waals surface area contributed by atoms with Crippen molar-refractivity contribution in [2.45, 2.75) is 43.5 Å². The van der Waals surface area contributed by atoms with Crippen LogP contribution in [-0.4, -0.2) is 30.3 Å². The highest BCUT2D eigenvalue weighted by Crippen LogP contribution is 2.40. The summed E-state index contributed by atoms with van der Waals surface area (Å²) in [5.41, 5.74) is -0.807. The van der Waals surface area contributed by atoms with Gasteiger partial charge < -0.3 is 4.74 Å². The van der Waals surface area contributed by atoms with E-state index in [1.807, 2.05) is 0 Å². The lowest BCUT2D eigenvalue weighted by Crippen LogP contribution is -2.25. The van der Waals surface area contributed by atoms with E-state index in [1.165, 1.54) is 11.7 Å². The standard InChI is InChI=1S/C9H14FN3O3S/c1-9(2,16-3)7-11-12-8(17(10,14)15)13(7)6-4-5-6/h6H,4-5H2,1-3H3. The number of nitrogens with zero attached hydrogens (tertiary/aromatic N) is 3. The number of halogens is 1. The summed E-state index contributed by atoms with van der Waals surface area (Å²) in [4.78, 5) is 0. The Hall–Kier alpha value is -1.02. The molecule has 8 heteroatoms. The number of aromatic nitrogens is 3. The second kappa shape index (κ2) is 3.74. The first-order valence-electron chi connectivity index (χ1n) is 5.22. The molecule has 0 amide bonds. The van der Waals surface area contributed by atoms with Crippen LogP contribution in [0.3, 0.4) is 0 Å². The van der Waals surface area contributed by atoms with E-state index in [2.05, 4.69) is 10.2 Å². The molecule has 0 spiro atoms. The topological polar surface area (TPSA) is 74.1 Å². The van der Waals surface area contributed by atoms with Crippen molar-refractivity contribution in [3.05, 3.63) is 5.82 Å². The summed E-state index contributed by atoms with van der Waals surface area (Å²) >= 11 is 0. The fourth-order valence-corrected chi connectivity index (χ4v) is 2.22. The fraction of sp³-hybridized carbons (Fsp3) is 0.778. The highest BCUT2D eigenvalue weighted by atomic mass is 32.3. The van der Waals surface area contributed by atoms with E-state index in [9.17, 15) is 12.3 Å². The molecule has 0 N–H and O–H groups in total. The van der Waals surface area contributed by atoms with Crippen molar-refractivity contribution < 1.29 is 17.0 Å². The molecule has 1 aliphatic rings. The first-order valence-corrected chi connectivity index (χ1v) is 6.61. The van der Waals surface area contributed by atoms with Crippen molar-refractivity contribution >= 4 is 10.2 Å². The van der Waals surface area contributed by atoms with Gasteiger partial charge in [0.1, 0.15) is 5.60 Å². The van der Waals surface area contributed by atoms with Crippen molar-refractivity contribution in [1.29, 1.82) is 0 Å². The Labute approximate surface area is 99.0 Å². The Balaban J connectivity index is 2.59. The zero-order valence-electron chi connectivity index (χ0n) is 9.84. The zero-order chi connectivity index (χ0) is 12.8. The van der Waals surface area contributed by atoms with Crippen LogP contribution < -0.4 is 0 Å². The summed E-state index contributed by atoms with van der Waals surface area (Å²) in [5, 5.41) is 6.56. The van der Waals surface area contributed by atoms with Gasteiger partial charge in [0.2, 0.25) is 0 Å². The predicted molar refractivity (Wildman–Crippen MR) is 56.6 cm³/mol. The molecule has 1 aromatic rings. The van der Waals surface area contributed by atoms with Gasteiger partial charge in [0, 0.05) is 13.2 Å². The van der Waals surface area contributed by atoms with Crippen molar-refractivity contribution in [3.8, 4) is 0 Å². The molecular weight excluding hydrogens is 249 g/mol. The van der Waals surface area contributed by atoms with E-state index in [-0.39, 0.29) is 6.04 Å². The molecular formula is C9H14FN3O3S. The molecule has 0 unspecified atom stereocenters. The molecule has 96 valence electrons. The zero-order valence-corrected chi connectivity index (χ0v) is 10.7. The third kappa shape index (κ3) is 2.19. The Morgan fingerprint density at radius 3 is 2.41 bits per heavy atom. The molecule has 0 saturated heterocycles. The average molecular weight is 263 g/mol. The molecule has 1 aromatic heterocycles. The van der Waals surface area contributed by atoms with Gasteiger partial charge in [0.25, 0.3) is 5.16 Å². The largest absolute Gasteiger partial charge is 0.371 e. The van der Waals surface area contributed by atoms with Crippen LogP contribution in [0, 0.1) is 0 Å². The van der Waals surface area contributed by atoms with E-state index < -0.39 is 21.0 Å². The van der Waals surface area contributed by atoms with E-state index in [0.29, 0.717) is 5.82 Å². The smallest absolute Gasteiger partial charge is 0.368 e. The Morgan fingerprint density at radius 2 is 2.00 bits per heavy atom. The molecule has 1 heterocycles. The second-order valence-electron chi connectivity index (χ2n) is 4.56. The number of ether oxygens (including phenoxy) is 1. The van der Waals surface area contributed by atoms with E-state index in [4.69, 9.17) is 4.74 Å². The van der Waals surface area contributed by atoms with E-state index >= 15 is 0 Å². The molecule has 6 nitrogen and oxygen atoms in total. The number of hydrogen-bond acceptors (Lipinski definition) is 5. The van der Waals surface area contributed by atoms with Gasteiger partial charge in [0.05, 0.1) is 0 Å². The molecule has 1 saturated carbocycles. The van der Waals surface area contributed by atoms with Crippen LogP contribution in [0.1, 0.15) is 38.6 Å². The molecule has 2 rings (SSSR count). The summed E-state index contributed by atoms with van der Waals surface area (Å²) in [6.45, 7) is 3.45. The van der Waals surface area contributed by atoms with Crippen LogP contribution in [0.2, 0.25) is 0 Å². The first-order chi connectivity index (χ1) is 7.77. The summed E-state index contributed by atoms with van der Waals surface area (Å²) in [6.07, 6.45) is 1.60. The molecule has 17 heavy (non-hydrogen) atoms. The summed E-state index contributed by atoms with van der Waals surface area (Å²) in [7, 11) is -3.37. The lowest BCUT2D eigenvalue weighted by molar-refractivity contribution is 0.00769. The minimum absolute atomic E-state index is 0.0463. The maximum Gasteiger partial charge on any atom is 0.368 e. The minimum Gasteiger partial charge on any atom is -0.371 e. The molecule has 0 bridgehead atoms. The SMILES string of the molecule is COC(C)(C)c1nnc(S(=O)(=O)F)n1C1CC1. The van der Waals surface area contributed by atoms with E-state index in [1.54, 1.807) is 13.8 Å². The van der Waals surface area contributed by atoms with Crippen molar-refractivity contribution in [2.24, 2.45) is 0 Å². The third-order valence-electron chi connectivity index (χ3n) is 2.84. The van der Waals surface area contributed by atoms with E-state index in [0.717, 1.165) is 12.8 Å². The van der Waals surface area contributed by atoms with Crippen molar-refractivity contribution in [1.82, 2.24) is 14.8 Å². The van der Waals surface area contributed by atoms with Crippen molar-refractivity contribution in [2.75, 3.05) is 7.11 Å². The van der Waals surface area contributed by atoms with Crippen LogP contribution in [-0.2, 0) is 20.6 Å². The van der Waals surface area contributed by atoms with Gasteiger partial charge in [-0.05, 0) is 26.7 Å². The summed E-state index contributed by atoms with van der Waals surface area (Å²) < 4.78 is 41.6. The highest BCUT2D eigenvalue weighted by molar-refractivity contribution is 7.86. The molecule has 0 radical (unpaired) electrons. The lowest BCUT2D eigenvalue weighted by atomic mass is 10.1. The van der Waals surface area contributed by atoms with Crippen LogP contribution in [0.25, 0.3) is 0 Å². The molecule has 0 atom stereocenters. The summed E-state index contributed by atoms with van der Waals surface area (Å²) in [5.74, 6) is 0.332. The fourth-order valence-electron chi connectivity index (χ4n) is 1.61.